The Kier molecular flexibility index (Phi) is 4.01. The molecule has 5 nitrogen and oxygen atoms in total. The molecule has 1 heterocycles. The molecule has 3 rings (SSSR count). The van der Waals surface area contributed by atoms with Crippen LogP contribution in [0.2, 0.25) is 0 Å². The number of carbonyl (C=O) groups is 1. The summed E-state index contributed by atoms with van der Waals surface area (Å²) in [4.78, 5) is 18.3. The van der Waals surface area contributed by atoms with Gasteiger partial charge in [-0.15, -0.1) is 0 Å². The van der Waals surface area contributed by atoms with Crippen LogP contribution in [0.25, 0.3) is 10.9 Å². The molecule has 1 aliphatic carbocycles. The molecule has 0 bridgehead atoms. The van der Waals surface area contributed by atoms with Crippen LogP contribution in [-0.2, 0) is 6.54 Å². The topological polar surface area (TPSA) is 65.5 Å². The first-order valence-electron chi connectivity index (χ1n) is 7.27. The average molecular weight is 285 g/mol. The predicted octanol–water partition coefficient (Wildman–Crippen LogP) is 1.90. The van der Waals surface area contributed by atoms with Gasteiger partial charge in [0.25, 0.3) is 0 Å². The van der Waals surface area contributed by atoms with Gasteiger partial charge in [0, 0.05) is 30.7 Å². The number of amides is 2. The van der Waals surface area contributed by atoms with Crippen LogP contribution in [0.15, 0.2) is 36.5 Å². The Balaban J connectivity index is 1.69. The van der Waals surface area contributed by atoms with Gasteiger partial charge in [0.15, 0.2) is 0 Å². The van der Waals surface area contributed by atoms with E-state index in [2.05, 4.69) is 10.3 Å². The van der Waals surface area contributed by atoms with Gasteiger partial charge in [-0.1, -0.05) is 24.3 Å². The normalized spacial score (nSPS) is 14.1. The summed E-state index contributed by atoms with van der Waals surface area (Å²) >= 11 is 0. The van der Waals surface area contributed by atoms with Gasteiger partial charge in [-0.05, 0) is 24.5 Å². The molecule has 0 saturated heterocycles. The Morgan fingerprint density at radius 3 is 2.90 bits per heavy atom. The van der Waals surface area contributed by atoms with Gasteiger partial charge in [-0.2, -0.15) is 0 Å². The molecule has 1 aromatic carbocycles. The Hall–Kier alpha value is -2.14. The fraction of sp³-hybridized carbons (Fsp3) is 0.375. The molecule has 0 spiro atoms. The molecule has 2 aromatic rings. The lowest BCUT2D eigenvalue weighted by atomic mass is 10.1. The zero-order valence-electron chi connectivity index (χ0n) is 11.8. The van der Waals surface area contributed by atoms with Crippen molar-refractivity contribution in [2.24, 2.45) is 0 Å². The number of rotatable bonds is 5. The van der Waals surface area contributed by atoms with Crippen molar-refractivity contribution in [1.82, 2.24) is 15.2 Å². The first kappa shape index (κ1) is 13.8. The molecule has 0 aliphatic heterocycles. The van der Waals surface area contributed by atoms with E-state index >= 15 is 0 Å². The van der Waals surface area contributed by atoms with E-state index in [4.69, 9.17) is 5.11 Å². The van der Waals surface area contributed by atoms with Crippen LogP contribution in [0.4, 0.5) is 4.79 Å². The number of hydrogen-bond donors (Lipinski definition) is 2. The highest BCUT2D eigenvalue weighted by Gasteiger charge is 2.31. The maximum atomic E-state index is 12.2. The summed E-state index contributed by atoms with van der Waals surface area (Å²) < 4.78 is 0. The summed E-state index contributed by atoms with van der Waals surface area (Å²) in [5.41, 5.74) is 1.92. The van der Waals surface area contributed by atoms with Crippen LogP contribution in [0.5, 0.6) is 0 Å². The first-order valence-corrected chi connectivity index (χ1v) is 7.27. The van der Waals surface area contributed by atoms with Crippen molar-refractivity contribution in [3.05, 3.63) is 42.1 Å². The highest BCUT2D eigenvalue weighted by Crippen LogP contribution is 2.26. The summed E-state index contributed by atoms with van der Waals surface area (Å²) in [5.74, 6) is 0. The number of nitrogens with one attached hydrogen (secondary N) is 1. The van der Waals surface area contributed by atoms with E-state index in [9.17, 15) is 4.79 Å². The molecule has 0 atom stereocenters. The fourth-order valence-corrected chi connectivity index (χ4v) is 2.53. The maximum absolute atomic E-state index is 12.2. The molecule has 21 heavy (non-hydrogen) atoms. The quantitative estimate of drug-likeness (QED) is 0.882. The van der Waals surface area contributed by atoms with E-state index in [1.54, 1.807) is 11.1 Å². The molecule has 0 unspecified atom stereocenters. The third kappa shape index (κ3) is 3.13. The van der Waals surface area contributed by atoms with Crippen molar-refractivity contribution in [1.29, 1.82) is 0 Å². The van der Waals surface area contributed by atoms with Gasteiger partial charge in [0.1, 0.15) is 0 Å². The highest BCUT2D eigenvalue weighted by atomic mass is 16.3. The number of urea groups is 1. The van der Waals surface area contributed by atoms with Crippen LogP contribution in [0.3, 0.4) is 0 Å². The van der Waals surface area contributed by atoms with Crippen molar-refractivity contribution in [2.75, 3.05) is 13.2 Å². The number of pyridine rings is 1. The fourth-order valence-electron chi connectivity index (χ4n) is 2.53. The van der Waals surface area contributed by atoms with Crippen LogP contribution in [0, 0.1) is 0 Å². The number of hydrogen-bond acceptors (Lipinski definition) is 3. The number of carbonyl (C=O) groups excluding carboxylic acids is 1. The average Bonchev–Trinajstić information content (AvgIpc) is 3.35. The van der Waals surface area contributed by atoms with E-state index < -0.39 is 0 Å². The maximum Gasteiger partial charge on any atom is 0.317 e. The second-order valence-electron chi connectivity index (χ2n) is 5.30. The van der Waals surface area contributed by atoms with E-state index in [0.29, 0.717) is 19.1 Å². The zero-order chi connectivity index (χ0) is 14.7. The van der Waals surface area contributed by atoms with Crippen LogP contribution < -0.4 is 5.32 Å². The van der Waals surface area contributed by atoms with Crippen molar-refractivity contribution < 1.29 is 9.90 Å². The SMILES string of the molecule is O=C(NCc1cccc2cccnc12)N(CCO)C1CC1. The number of aliphatic hydroxyl groups is 1. The van der Waals surface area contributed by atoms with Gasteiger partial charge in [-0.25, -0.2) is 4.79 Å². The van der Waals surface area contributed by atoms with Gasteiger partial charge in [0.2, 0.25) is 0 Å². The van der Waals surface area contributed by atoms with Crippen LogP contribution >= 0.6 is 0 Å². The molecule has 1 fully saturated rings. The van der Waals surface area contributed by atoms with Crippen molar-refractivity contribution >= 4 is 16.9 Å². The molecular weight excluding hydrogens is 266 g/mol. The number of benzene rings is 1. The van der Waals surface area contributed by atoms with Crippen molar-refractivity contribution in [3.8, 4) is 0 Å². The monoisotopic (exact) mass is 285 g/mol. The predicted molar refractivity (Wildman–Crippen MR) is 80.8 cm³/mol. The Labute approximate surface area is 123 Å². The first-order chi connectivity index (χ1) is 10.3. The smallest absolute Gasteiger partial charge is 0.317 e. The van der Waals surface area contributed by atoms with Gasteiger partial charge in [0.05, 0.1) is 12.1 Å². The number of nitrogens with zero attached hydrogens (tertiary/aromatic N) is 2. The second kappa shape index (κ2) is 6.10. The van der Waals surface area contributed by atoms with E-state index in [-0.39, 0.29) is 12.6 Å². The van der Waals surface area contributed by atoms with Crippen LogP contribution in [0.1, 0.15) is 18.4 Å². The van der Waals surface area contributed by atoms with Gasteiger partial charge >= 0.3 is 6.03 Å². The molecular formula is C16H19N3O2. The summed E-state index contributed by atoms with van der Waals surface area (Å²) in [6.07, 6.45) is 3.82. The summed E-state index contributed by atoms with van der Waals surface area (Å²) in [5, 5.41) is 13.1. The minimum absolute atomic E-state index is 0.000255. The third-order valence-electron chi connectivity index (χ3n) is 3.74. The number of para-hydroxylation sites is 1. The lowest BCUT2D eigenvalue weighted by Crippen LogP contribution is -2.42. The number of fused-ring (bicyclic) bond motifs is 1. The minimum atomic E-state index is -0.112. The molecule has 1 aromatic heterocycles. The van der Waals surface area contributed by atoms with Gasteiger partial charge in [-0.3, -0.25) is 4.98 Å². The third-order valence-corrected chi connectivity index (χ3v) is 3.74. The number of aliphatic hydroxyl groups excluding tert-OH is 1. The Morgan fingerprint density at radius 2 is 2.14 bits per heavy atom. The molecule has 1 aliphatic rings. The van der Waals surface area contributed by atoms with Crippen molar-refractivity contribution in [2.45, 2.75) is 25.4 Å². The molecule has 110 valence electrons. The summed E-state index contributed by atoms with van der Waals surface area (Å²) in [6, 6.07) is 10.1. The Morgan fingerprint density at radius 1 is 1.33 bits per heavy atom. The molecule has 1 saturated carbocycles. The van der Waals surface area contributed by atoms with Gasteiger partial charge < -0.3 is 15.3 Å². The summed E-state index contributed by atoms with van der Waals surface area (Å²) in [6.45, 7) is 0.839. The van der Waals surface area contributed by atoms with E-state index in [0.717, 1.165) is 29.3 Å². The molecule has 5 heteroatoms. The number of aromatic nitrogens is 1. The highest BCUT2D eigenvalue weighted by molar-refractivity contribution is 5.82. The molecule has 2 amide bonds. The minimum Gasteiger partial charge on any atom is -0.395 e. The van der Waals surface area contributed by atoms with E-state index in [1.807, 2.05) is 30.3 Å². The lowest BCUT2D eigenvalue weighted by molar-refractivity contribution is 0.173. The Bertz CT molecular complexity index is 635. The molecule has 2 N–H and O–H groups in total. The zero-order valence-corrected chi connectivity index (χ0v) is 11.8. The summed E-state index contributed by atoms with van der Waals surface area (Å²) in [7, 11) is 0. The largest absolute Gasteiger partial charge is 0.395 e. The van der Waals surface area contributed by atoms with Crippen molar-refractivity contribution in [3.63, 3.8) is 0 Å². The molecule has 0 radical (unpaired) electrons. The standard InChI is InChI=1S/C16H19N3O2/c20-10-9-19(14-6-7-14)16(21)18-11-13-4-1-3-12-5-2-8-17-15(12)13/h1-5,8,14,20H,6-7,9-11H2,(H,18,21). The lowest BCUT2D eigenvalue weighted by Gasteiger charge is -2.21. The second-order valence-corrected chi connectivity index (χ2v) is 5.30. The van der Waals surface area contributed by atoms with Crippen LogP contribution in [-0.4, -0.2) is 40.2 Å². The van der Waals surface area contributed by atoms with E-state index in [1.165, 1.54) is 0 Å².